The molecule has 2 nitrogen and oxygen atoms in total. The van der Waals surface area contributed by atoms with Crippen LogP contribution in [0.3, 0.4) is 0 Å². The molecule has 3 rings (SSSR count). The Labute approximate surface area is 111 Å². The molecule has 2 aromatic heterocycles. The van der Waals surface area contributed by atoms with Crippen molar-refractivity contribution in [1.29, 1.82) is 0 Å². The van der Waals surface area contributed by atoms with Crippen LogP contribution in [-0.2, 0) is 12.8 Å². The third-order valence-electron chi connectivity index (χ3n) is 3.51. The summed E-state index contributed by atoms with van der Waals surface area (Å²) >= 11 is 1.67. The molecule has 2 heterocycles. The number of furan rings is 1. The fourth-order valence-electron chi connectivity index (χ4n) is 2.59. The molecule has 0 N–H and O–H groups in total. The SMILES string of the molecule is Cc1cc(C(=O)c2cc3c(s2)CCCC3)c(C)o1. The quantitative estimate of drug-likeness (QED) is 0.762. The van der Waals surface area contributed by atoms with Gasteiger partial charge in [0, 0.05) is 4.88 Å². The first-order valence-electron chi connectivity index (χ1n) is 6.38. The molecule has 0 saturated carbocycles. The van der Waals surface area contributed by atoms with Crippen molar-refractivity contribution in [2.24, 2.45) is 0 Å². The van der Waals surface area contributed by atoms with Gasteiger partial charge in [-0.3, -0.25) is 4.79 Å². The third kappa shape index (κ3) is 1.93. The third-order valence-corrected chi connectivity index (χ3v) is 4.74. The van der Waals surface area contributed by atoms with Crippen molar-refractivity contribution in [2.75, 3.05) is 0 Å². The highest BCUT2D eigenvalue weighted by Gasteiger charge is 2.21. The first kappa shape index (κ1) is 11.7. The van der Waals surface area contributed by atoms with E-state index < -0.39 is 0 Å². The Hall–Kier alpha value is -1.35. The summed E-state index contributed by atoms with van der Waals surface area (Å²) in [4.78, 5) is 14.7. The lowest BCUT2D eigenvalue weighted by atomic mass is 9.98. The lowest BCUT2D eigenvalue weighted by Gasteiger charge is -2.08. The molecule has 0 unspecified atom stereocenters. The van der Waals surface area contributed by atoms with Crippen molar-refractivity contribution >= 4 is 17.1 Å². The van der Waals surface area contributed by atoms with Crippen LogP contribution in [-0.4, -0.2) is 5.78 Å². The summed E-state index contributed by atoms with van der Waals surface area (Å²) in [6.07, 6.45) is 4.77. The second-order valence-electron chi connectivity index (χ2n) is 4.92. The Balaban J connectivity index is 1.97. The maximum Gasteiger partial charge on any atom is 0.206 e. The van der Waals surface area contributed by atoms with Crippen molar-refractivity contribution < 1.29 is 9.21 Å². The van der Waals surface area contributed by atoms with Gasteiger partial charge in [-0.1, -0.05) is 0 Å². The summed E-state index contributed by atoms with van der Waals surface area (Å²) in [5.74, 6) is 1.64. The van der Waals surface area contributed by atoms with E-state index in [0.717, 1.165) is 29.2 Å². The highest BCUT2D eigenvalue weighted by molar-refractivity contribution is 7.14. The minimum Gasteiger partial charge on any atom is -0.466 e. The van der Waals surface area contributed by atoms with Crippen LogP contribution in [0.15, 0.2) is 16.5 Å². The number of hydrogen-bond donors (Lipinski definition) is 0. The standard InChI is InChI=1S/C15H16O2S/c1-9-7-12(10(2)17-9)15(16)14-8-11-5-3-4-6-13(11)18-14/h7-8H,3-6H2,1-2H3. The van der Waals surface area contributed by atoms with Crippen LogP contribution >= 0.6 is 11.3 Å². The number of hydrogen-bond acceptors (Lipinski definition) is 3. The molecule has 0 aliphatic heterocycles. The van der Waals surface area contributed by atoms with Crippen LogP contribution in [0.5, 0.6) is 0 Å². The van der Waals surface area contributed by atoms with Gasteiger partial charge in [0.05, 0.1) is 10.4 Å². The van der Waals surface area contributed by atoms with Gasteiger partial charge in [-0.15, -0.1) is 11.3 Å². The lowest BCUT2D eigenvalue weighted by molar-refractivity contribution is 0.104. The molecule has 0 amide bonds. The maximum absolute atomic E-state index is 12.4. The molecule has 1 aliphatic rings. The zero-order chi connectivity index (χ0) is 12.7. The zero-order valence-corrected chi connectivity index (χ0v) is 11.5. The number of rotatable bonds is 2. The highest BCUT2D eigenvalue weighted by Crippen LogP contribution is 2.31. The molecule has 0 spiro atoms. The predicted molar refractivity (Wildman–Crippen MR) is 72.6 cm³/mol. The monoisotopic (exact) mass is 260 g/mol. The van der Waals surface area contributed by atoms with E-state index >= 15 is 0 Å². The molecule has 2 aromatic rings. The molecule has 1 aliphatic carbocycles. The molecule has 94 valence electrons. The summed E-state index contributed by atoms with van der Waals surface area (Å²) in [6, 6.07) is 3.93. The number of ketones is 1. The molecular weight excluding hydrogens is 244 g/mol. The van der Waals surface area contributed by atoms with Crippen molar-refractivity contribution in [3.63, 3.8) is 0 Å². The molecule has 0 bridgehead atoms. The second kappa shape index (κ2) is 4.39. The van der Waals surface area contributed by atoms with Crippen molar-refractivity contribution in [3.8, 4) is 0 Å². The molecule has 0 fully saturated rings. The topological polar surface area (TPSA) is 30.2 Å². The van der Waals surface area contributed by atoms with Crippen LogP contribution in [0.1, 0.15) is 50.0 Å². The van der Waals surface area contributed by atoms with Crippen LogP contribution in [0.2, 0.25) is 0 Å². The van der Waals surface area contributed by atoms with Gasteiger partial charge in [0.25, 0.3) is 0 Å². The van der Waals surface area contributed by atoms with Crippen molar-refractivity contribution in [1.82, 2.24) is 0 Å². The van der Waals surface area contributed by atoms with Gasteiger partial charge >= 0.3 is 0 Å². The average molecular weight is 260 g/mol. The minimum absolute atomic E-state index is 0.115. The summed E-state index contributed by atoms with van der Waals surface area (Å²) < 4.78 is 5.44. The van der Waals surface area contributed by atoms with Gasteiger partial charge in [0.15, 0.2) is 0 Å². The van der Waals surface area contributed by atoms with E-state index in [9.17, 15) is 4.79 Å². The summed E-state index contributed by atoms with van der Waals surface area (Å²) in [7, 11) is 0. The Kier molecular flexibility index (Phi) is 2.86. The number of fused-ring (bicyclic) bond motifs is 1. The van der Waals surface area contributed by atoms with E-state index in [4.69, 9.17) is 4.42 Å². The first-order valence-corrected chi connectivity index (χ1v) is 7.20. The van der Waals surface area contributed by atoms with Gasteiger partial charge in [-0.2, -0.15) is 0 Å². The summed E-state index contributed by atoms with van der Waals surface area (Å²) in [5, 5.41) is 0. The van der Waals surface area contributed by atoms with E-state index in [-0.39, 0.29) is 5.78 Å². The largest absolute Gasteiger partial charge is 0.466 e. The van der Waals surface area contributed by atoms with Gasteiger partial charge in [0.2, 0.25) is 5.78 Å². The first-order chi connectivity index (χ1) is 8.65. The fourth-order valence-corrected chi connectivity index (χ4v) is 3.80. The summed E-state index contributed by atoms with van der Waals surface area (Å²) in [6.45, 7) is 3.73. The molecule has 18 heavy (non-hydrogen) atoms. The fraction of sp³-hybridized carbons (Fsp3) is 0.400. The number of thiophene rings is 1. The molecule has 0 saturated heterocycles. The Morgan fingerprint density at radius 3 is 2.67 bits per heavy atom. The van der Waals surface area contributed by atoms with Gasteiger partial charge in [0.1, 0.15) is 11.5 Å². The molecule has 0 atom stereocenters. The van der Waals surface area contributed by atoms with E-state index in [1.165, 1.54) is 23.3 Å². The number of carbonyl (C=O) groups is 1. The Bertz CT molecular complexity index is 581. The average Bonchev–Trinajstić information content (AvgIpc) is 2.91. The lowest BCUT2D eigenvalue weighted by Crippen LogP contribution is -1.98. The smallest absolute Gasteiger partial charge is 0.206 e. The molecule has 0 aromatic carbocycles. The van der Waals surface area contributed by atoms with Crippen LogP contribution in [0, 0.1) is 13.8 Å². The Morgan fingerprint density at radius 1 is 1.22 bits per heavy atom. The van der Waals surface area contributed by atoms with Gasteiger partial charge in [-0.05, 0) is 57.2 Å². The minimum atomic E-state index is 0.115. The van der Waals surface area contributed by atoms with E-state index in [0.29, 0.717) is 5.56 Å². The molecular formula is C15H16O2S. The maximum atomic E-state index is 12.4. The Morgan fingerprint density at radius 2 is 2.00 bits per heavy atom. The van der Waals surface area contributed by atoms with E-state index in [1.54, 1.807) is 11.3 Å². The zero-order valence-electron chi connectivity index (χ0n) is 10.7. The number of carbonyl (C=O) groups excluding carboxylic acids is 1. The second-order valence-corrected chi connectivity index (χ2v) is 6.06. The predicted octanol–water partition coefficient (Wildman–Crippen LogP) is 4.07. The normalized spacial score (nSPS) is 14.6. The van der Waals surface area contributed by atoms with E-state index in [2.05, 4.69) is 6.07 Å². The van der Waals surface area contributed by atoms with Gasteiger partial charge in [-0.25, -0.2) is 0 Å². The van der Waals surface area contributed by atoms with Crippen LogP contribution in [0.25, 0.3) is 0 Å². The van der Waals surface area contributed by atoms with Crippen molar-refractivity contribution in [2.45, 2.75) is 39.5 Å². The van der Waals surface area contributed by atoms with Gasteiger partial charge < -0.3 is 4.42 Å². The van der Waals surface area contributed by atoms with Crippen LogP contribution in [0.4, 0.5) is 0 Å². The van der Waals surface area contributed by atoms with Crippen molar-refractivity contribution in [3.05, 3.63) is 44.5 Å². The number of aryl methyl sites for hydroxylation is 4. The van der Waals surface area contributed by atoms with E-state index in [1.807, 2.05) is 19.9 Å². The molecule has 3 heteroatoms. The summed E-state index contributed by atoms with van der Waals surface area (Å²) in [5.41, 5.74) is 2.10. The van der Waals surface area contributed by atoms with Crippen LogP contribution < -0.4 is 0 Å². The molecule has 0 radical (unpaired) electrons. The highest BCUT2D eigenvalue weighted by atomic mass is 32.1.